The second-order valence-electron chi connectivity index (χ2n) is 5.40. The van der Waals surface area contributed by atoms with E-state index in [1.165, 1.54) is 0 Å². The Morgan fingerprint density at radius 2 is 2.39 bits per heavy atom. The Bertz CT molecular complexity index is 712. The van der Waals surface area contributed by atoms with Crippen molar-refractivity contribution in [1.29, 1.82) is 0 Å². The van der Waals surface area contributed by atoms with Gasteiger partial charge in [-0.3, -0.25) is 14.3 Å². The molecule has 0 saturated heterocycles. The van der Waals surface area contributed by atoms with Crippen LogP contribution in [0.25, 0.3) is 0 Å². The summed E-state index contributed by atoms with van der Waals surface area (Å²) in [5, 5.41) is 9.77. The van der Waals surface area contributed by atoms with E-state index in [0.29, 0.717) is 24.4 Å². The SMILES string of the molecule is CC(NC(=O)CCn1cccn1)c1ccc2c(c1)NC(=O)CO2. The summed E-state index contributed by atoms with van der Waals surface area (Å²) in [5.41, 5.74) is 1.54. The van der Waals surface area contributed by atoms with E-state index in [9.17, 15) is 9.59 Å². The average molecular weight is 314 g/mol. The highest BCUT2D eigenvalue weighted by Gasteiger charge is 2.18. The third-order valence-corrected chi connectivity index (χ3v) is 3.64. The Morgan fingerprint density at radius 1 is 1.52 bits per heavy atom. The molecule has 1 atom stereocenters. The molecule has 2 amide bonds. The van der Waals surface area contributed by atoms with Crippen molar-refractivity contribution < 1.29 is 14.3 Å². The lowest BCUT2D eigenvalue weighted by atomic mass is 10.1. The van der Waals surface area contributed by atoms with Crippen molar-refractivity contribution in [2.75, 3.05) is 11.9 Å². The molecule has 2 heterocycles. The molecule has 23 heavy (non-hydrogen) atoms. The van der Waals surface area contributed by atoms with E-state index in [-0.39, 0.29) is 24.5 Å². The second-order valence-corrected chi connectivity index (χ2v) is 5.40. The summed E-state index contributed by atoms with van der Waals surface area (Å²) in [5.74, 6) is 0.419. The fourth-order valence-electron chi connectivity index (χ4n) is 2.42. The summed E-state index contributed by atoms with van der Waals surface area (Å²) in [7, 11) is 0. The number of nitrogens with one attached hydrogen (secondary N) is 2. The van der Waals surface area contributed by atoms with Crippen molar-refractivity contribution >= 4 is 17.5 Å². The lowest BCUT2D eigenvalue weighted by Crippen LogP contribution is -2.28. The summed E-state index contributed by atoms with van der Waals surface area (Å²) in [6.07, 6.45) is 3.86. The van der Waals surface area contributed by atoms with Gasteiger partial charge in [0.2, 0.25) is 5.91 Å². The van der Waals surface area contributed by atoms with Crippen molar-refractivity contribution in [3.8, 4) is 5.75 Å². The van der Waals surface area contributed by atoms with Gasteiger partial charge in [0.25, 0.3) is 5.91 Å². The minimum absolute atomic E-state index is 0.0338. The molecule has 7 heteroatoms. The Balaban J connectivity index is 1.59. The van der Waals surface area contributed by atoms with Crippen LogP contribution in [-0.2, 0) is 16.1 Å². The Morgan fingerprint density at radius 3 is 3.17 bits per heavy atom. The van der Waals surface area contributed by atoms with Crippen LogP contribution in [0.5, 0.6) is 5.75 Å². The maximum absolute atomic E-state index is 12.0. The van der Waals surface area contributed by atoms with Gasteiger partial charge in [-0.2, -0.15) is 5.10 Å². The molecule has 1 unspecified atom stereocenters. The zero-order valence-corrected chi connectivity index (χ0v) is 12.8. The smallest absolute Gasteiger partial charge is 0.262 e. The number of hydrogen-bond acceptors (Lipinski definition) is 4. The van der Waals surface area contributed by atoms with Crippen LogP contribution >= 0.6 is 0 Å². The Labute approximate surface area is 133 Å². The van der Waals surface area contributed by atoms with E-state index in [0.717, 1.165) is 5.56 Å². The molecule has 120 valence electrons. The first-order valence-electron chi connectivity index (χ1n) is 7.45. The van der Waals surface area contributed by atoms with Gasteiger partial charge in [-0.05, 0) is 30.7 Å². The van der Waals surface area contributed by atoms with E-state index in [2.05, 4.69) is 15.7 Å². The van der Waals surface area contributed by atoms with Gasteiger partial charge < -0.3 is 15.4 Å². The zero-order chi connectivity index (χ0) is 16.2. The summed E-state index contributed by atoms with van der Waals surface area (Å²) >= 11 is 0. The van der Waals surface area contributed by atoms with Gasteiger partial charge >= 0.3 is 0 Å². The number of carbonyl (C=O) groups is 2. The van der Waals surface area contributed by atoms with Crippen LogP contribution in [0.15, 0.2) is 36.7 Å². The molecular weight excluding hydrogens is 296 g/mol. The standard InChI is InChI=1S/C16H18N4O3/c1-11(18-15(21)5-8-20-7-2-6-17-20)12-3-4-14-13(9-12)19-16(22)10-23-14/h2-4,6-7,9,11H,5,8,10H2,1H3,(H,18,21)(H,19,22). The second kappa shape index (κ2) is 6.51. The predicted octanol–water partition coefficient (Wildman–Crippen LogP) is 1.48. The molecule has 1 aliphatic rings. The molecular formula is C16H18N4O3. The minimum Gasteiger partial charge on any atom is -0.482 e. The van der Waals surface area contributed by atoms with Gasteiger partial charge in [0.1, 0.15) is 5.75 Å². The third-order valence-electron chi connectivity index (χ3n) is 3.64. The molecule has 7 nitrogen and oxygen atoms in total. The number of rotatable bonds is 5. The van der Waals surface area contributed by atoms with Crippen LogP contribution in [-0.4, -0.2) is 28.2 Å². The van der Waals surface area contributed by atoms with Gasteiger partial charge in [0.05, 0.1) is 11.7 Å². The molecule has 0 spiro atoms. The summed E-state index contributed by atoms with van der Waals surface area (Å²) in [4.78, 5) is 23.4. The molecule has 0 bridgehead atoms. The monoisotopic (exact) mass is 314 g/mol. The Hall–Kier alpha value is -2.83. The predicted molar refractivity (Wildman–Crippen MR) is 84.0 cm³/mol. The molecule has 2 aromatic rings. The summed E-state index contributed by atoms with van der Waals surface area (Å²) < 4.78 is 7.04. The van der Waals surface area contributed by atoms with Crippen LogP contribution in [0.2, 0.25) is 0 Å². The number of ether oxygens (including phenoxy) is 1. The third kappa shape index (κ3) is 3.68. The highest BCUT2D eigenvalue weighted by atomic mass is 16.5. The molecule has 2 N–H and O–H groups in total. The van der Waals surface area contributed by atoms with E-state index in [1.54, 1.807) is 16.9 Å². The highest BCUT2D eigenvalue weighted by molar-refractivity contribution is 5.95. The van der Waals surface area contributed by atoms with Crippen LogP contribution in [0, 0.1) is 0 Å². The van der Waals surface area contributed by atoms with Gasteiger partial charge in [-0.15, -0.1) is 0 Å². The van der Waals surface area contributed by atoms with E-state index in [1.807, 2.05) is 31.3 Å². The van der Waals surface area contributed by atoms with Crippen molar-refractivity contribution in [3.05, 3.63) is 42.2 Å². The maximum atomic E-state index is 12.0. The van der Waals surface area contributed by atoms with Crippen LogP contribution in [0.1, 0.15) is 24.9 Å². The first kappa shape index (κ1) is 15.1. The normalized spacial score (nSPS) is 14.4. The van der Waals surface area contributed by atoms with Gasteiger partial charge in [0, 0.05) is 25.4 Å². The fourth-order valence-corrected chi connectivity index (χ4v) is 2.42. The summed E-state index contributed by atoms with van der Waals surface area (Å²) in [6.45, 7) is 2.48. The van der Waals surface area contributed by atoms with E-state index < -0.39 is 0 Å². The molecule has 0 saturated carbocycles. The molecule has 1 aromatic carbocycles. The van der Waals surface area contributed by atoms with Crippen molar-refractivity contribution in [1.82, 2.24) is 15.1 Å². The number of anilines is 1. The van der Waals surface area contributed by atoms with E-state index in [4.69, 9.17) is 4.74 Å². The lowest BCUT2D eigenvalue weighted by Gasteiger charge is -2.21. The van der Waals surface area contributed by atoms with E-state index >= 15 is 0 Å². The molecule has 1 aliphatic heterocycles. The van der Waals surface area contributed by atoms with Crippen molar-refractivity contribution in [3.63, 3.8) is 0 Å². The highest BCUT2D eigenvalue weighted by Crippen LogP contribution is 2.30. The number of amides is 2. The largest absolute Gasteiger partial charge is 0.482 e. The minimum atomic E-state index is -0.175. The maximum Gasteiger partial charge on any atom is 0.262 e. The number of carbonyl (C=O) groups excluding carboxylic acids is 2. The molecule has 0 fully saturated rings. The number of nitrogens with zero attached hydrogens (tertiary/aromatic N) is 2. The first-order valence-corrected chi connectivity index (χ1v) is 7.45. The van der Waals surface area contributed by atoms with Crippen LogP contribution < -0.4 is 15.4 Å². The van der Waals surface area contributed by atoms with Gasteiger partial charge in [-0.25, -0.2) is 0 Å². The number of hydrogen-bond donors (Lipinski definition) is 2. The molecule has 0 aliphatic carbocycles. The topological polar surface area (TPSA) is 85.3 Å². The number of aromatic nitrogens is 2. The quantitative estimate of drug-likeness (QED) is 0.875. The van der Waals surface area contributed by atoms with Crippen LogP contribution in [0.3, 0.4) is 0 Å². The van der Waals surface area contributed by atoms with Crippen LogP contribution in [0.4, 0.5) is 5.69 Å². The Kier molecular flexibility index (Phi) is 4.27. The lowest BCUT2D eigenvalue weighted by molar-refractivity contribution is -0.122. The molecule has 1 aromatic heterocycles. The molecule has 3 rings (SSSR count). The van der Waals surface area contributed by atoms with Crippen molar-refractivity contribution in [2.24, 2.45) is 0 Å². The van der Waals surface area contributed by atoms with Gasteiger partial charge in [-0.1, -0.05) is 6.07 Å². The zero-order valence-electron chi connectivity index (χ0n) is 12.8. The van der Waals surface area contributed by atoms with Gasteiger partial charge in [0.15, 0.2) is 6.61 Å². The number of fused-ring (bicyclic) bond motifs is 1. The fraction of sp³-hybridized carbons (Fsp3) is 0.312. The van der Waals surface area contributed by atoms with Crippen molar-refractivity contribution in [2.45, 2.75) is 25.9 Å². The number of benzene rings is 1. The average Bonchev–Trinajstić information content (AvgIpc) is 3.05. The molecule has 0 radical (unpaired) electrons. The summed E-state index contributed by atoms with van der Waals surface area (Å²) in [6, 6.07) is 7.17. The first-order chi connectivity index (χ1) is 11.1. The number of aryl methyl sites for hydroxylation is 1.